The van der Waals surface area contributed by atoms with Crippen molar-refractivity contribution in [3.63, 3.8) is 0 Å². The van der Waals surface area contributed by atoms with Gasteiger partial charge in [-0.25, -0.2) is 4.68 Å². The number of rotatable bonds is 15. The smallest absolute Gasteiger partial charge is 0.318 e. The molecular formula is C63H75N7O7. The number of benzene rings is 4. The van der Waals surface area contributed by atoms with E-state index in [1.165, 1.54) is 0 Å². The van der Waals surface area contributed by atoms with E-state index in [4.69, 9.17) is 14.6 Å². The molecule has 3 saturated heterocycles. The highest BCUT2D eigenvalue weighted by Gasteiger charge is 2.46. The van der Waals surface area contributed by atoms with Crippen LogP contribution in [0.5, 0.6) is 0 Å². The molecule has 6 aromatic rings. The largest absolute Gasteiger partial charge is 0.443 e. The Morgan fingerprint density at radius 1 is 0.649 bits per heavy atom. The van der Waals surface area contributed by atoms with Gasteiger partial charge in [-0.3, -0.25) is 33.4 Å². The second-order valence-corrected chi connectivity index (χ2v) is 23.0. The summed E-state index contributed by atoms with van der Waals surface area (Å²) in [4.78, 5) is 80.7. The van der Waals surface area contributed by atoms with E-state index in [-0.39, 0.29) is 55.1 Å². The minimum absolute atomic E-state index is 0.00484. The molecule has 2 aromatic heterocycles. The maximum atomic E-state index is 14.9. The molecule has 5 aliphatic rings. The van der Waals surface area contributed by atoms with Crippen molar-refractivity contribution < 1.29 is 28.7 Å². The van der Waals surface area contributed by atoms with E-state index in [9.17, 15) is 24.0 Å². The molecule has 0 bridgehead atoms. The number of aryl methyl sites for hydroxylation is 1. The van der Waals surface area contributed by atoms with E-state index >= 15 is 0 Å². The van der Waals surface area contributed by atoms with Gasteiger partial charge in [-0.15, -0.1) is 0 Å². The first-order valence-corrected chi connectivity index (χ1v) is 28.5. The van der Waals surface area contributed by atoms with Crippen molar-refractivity contribution in [1.29, 1.82) is 0 Å². The van der Waals surface area contributed by atoms with Crippen LogP contribution in [0.1, 0.15) is 117 Å². The van der Waals surface area contributed by atoms with Crippen LogP contribution in [-0.4, -0.2) is 123 Å². The molecule has 0 radical (unpaired) electrons. The topological polar surface area (TPSA) is 140 Å². The van der Waals surface area contributed by atoms with Crippen molar-refractivity contribution in [3.8, 4) is 0 Å². The first kappa shape index (κ1) is 52.4. The van der Waals surface area contributed by atoms with Crippen LogP contribution >= 0.6 is 0 Å². The Morgan fingerprint density at radius 2 is 1.23 bits per heavy atom. The minimum atomic E-state index is -0.722. The number of piperidine rings is 2. The van der Waals surface area contributed by atoms with E-state index in [2.05, 4.69) is 29.0 Å². The number of esters is 2. The van der Waals surface area contributed by atoms with Crippen LogP contribution < -0.4 is 5.56 Å². The van der Waals surface area contributed by atoms with Gasteiger partial charge in [0.05, 0.1) is 34.0 Å². The number of nitrogens with zero attached hydrogens (tertiary/aromatic N) is 7. The summed E-state index contributed by atoms with van der Waals surface area (Å²) in [7, 11) is 2.18. The van der Waals surface area contributed by atoms with Gasteiger partial charge in [-0.05, 0) is 137 Å². The zero-order chi connectivity index (χ0) is 53.1. The van der Waals surface area contributed by atoms with Gasteiger partial charge in [0.2, 0.25) is 11.8 Å². The number of carbonyl (C=O) groups is 4. The standard InChI is InChI=1S/C63H75N7O7/c1-45-37-46(39-50-42-64-70(57(45)50)44-77-61(75)63(27-13-14-28-63)52-18-7-4-8-19-52)38-49(58(72)68-35-33-66(34-36-68)53-23-29-65(2)30-24-53)41-56(71)67-31-21-47(22-32-67)54-40-48-15-9-10-20-55(48)69(59(54)73)43-76-60(74)62(25-11-12-26-62)51-16-5-3-6-17-51/h3-10,15-20,37,39-40,42,47,49,53H,11-14,21-36,38,41,43-44H2,1-2H3/t49-/m0/s1. The van der Waals surface area contributed by atoms with Crippen LogP contribution in [0.3, 0.4) is 0 Å². The predicted molar refractivity (Wildman–Crippen MR) is 297 cm³/mol. The molecule has 1 atom stereocenters. The fraction of sp³-hybridized carbons (Fsp3) is 0.492. The molecule has 5 heterocycles. The maximum Gasteiger partial charge on any atom is 0.318 e. The van der Waals surface area contributed by atoms with Gasteiger partial charge in [-0.2, -0.15) is 5.10 Å². The number of carbonyl (C=O) groups excluding carboxylic acids is 4. The van der Waals surface area contributed by atoms with Crippen molar-refractivity contribution in [1.82, 2.24) is 33.9 Å². The number of hydrogen-bond acceptors (Lipinski definition) is 10. The molecule has 3 aliphatic heterocycles. The van der Waals surface area contributed by atoms with E-state index in [1.807, 2.05) is 108 Å². The number of hydrogen-bond donors (Lipinski definition) is 0. The Kier molecular flexibility index (Phi) is 15.5. The van der Waals surface area contributed by atoms with Crippen molar-refractivity contribution in [2.24, 2.45) is 5.92 Å². The summed E-state index contributed by atoms with van der Waals surface area (Å²) in [5.41, 5.74) is 4.55. The summed E-state index contributed by atoms with van der Waals surface area (Å²) in [5, 5.41) is 6.47. The Balaban J connectivity index is 0.783. The minimum Gasteiger partial charge on any atom is -0.443 e. The average Bonchev–Trinajstić information content (AvgIpc) is 4.29. The van der Waals surface area contributed by atoms with Crippen molar-refractivity contribution in [3.05, 3.63) is 147 Å². The normalized spacial score (nSPS) is 19.9. The number of fused-ring (bicyclic) bond motifs is 2. The molecule has 5 fully saturated rings. The quantitative estimate of drug-likeness (QED) is 0.0917. The Morgan fingerprint density at radius 3 is 1.86 bits per heavy atom. The molecule has 4 aromatic carbocycles. The lowest BCUT2D eigenvalue weighted by Crippen LogP contribution is -2.55. The number of para-hydroxylation sites is 1. The second kappa shape index (κ2) is 22.8. The van der Waals surface area contributed by atoms with E-state index in [0.29, 0.717) is 75.4 Å². The third-order valence-corrected chi connectivity index (χ3v) is 18.4. The van der Waals surface area contributed by atoms with Gasteiger partial charge in [0, 0.05) is 62.7 Å². The number of piperazine rings is 1. The first-order valence-electron chi connectivity index (χ1n) is 28.5. The maximum absolute atomic E-state index is 14.9. The number of pyridine rings is 1. The highest BCUT2D eigenvalue weighted by Crippen LogP contribution is 2.44. The van der Waals surface area contributed by atoms with Crippen molar-refractivity contribution >= 4 is 45.6 Å². The summed E-state index contributed by atoms with van der Waals surface area (Å²) in [6.07, 6.45) is 12.5. The molecule has 2 amide bonds. The highest BCUT2D eigenvalue weighted by atomic mass is 16.5. The molecule has 0 unspecified atom stereocenters. The summed E-state index contributed by atoms with van der Waals surface area (Å²) in [5.74, 6) is -1.24. The number of likely N-dealkylation sites (tertiary alicyclic amines) is 2. The predicted octanol–water partition coefficient (Wildman–Crippen LogP) is 8.88. The monoisotopic (exact) mass is 1040 g/mol. The van der Waals surface area contributed by atoms with E-state index in [0.717, 1.165) is 116 Å². The van der Waals surface area contributed by atoms with Gasteiger partial charge in [0.15, 0.2) is 13.5 Å². The van der Waals surface area contributed by atoms with Crippen LogP contribution in [0.2, 0.25) is 0 Å². The van der Waals surface area contributed by atoms with E-state index in [1.54, 1.807) is 15.4 Å². The zero-order valence-electron chi connectivity index (χ0n) is 45.1. The molecule has 0 spiro atoms. The lowest BCUT2D eigenvalue weighted by Gasteiger charge is -2.43. The van der Waals surface area contributed by atoms with Crippen LogP contribution in [0.15, 0.2) is 114 Å². The third-order valence-electron chi connectivity index (χ3n) is 18.4. The lowest BCUT2D eigenvalue weighted by atomic mass is 9.79. The fourth-order valence-corrected chi connectivity index (χ4v) is 14.0. The highest BCUT2D eigenvalue weighted by molar-refractivity contribution is 5.88. The average molecular weight is 1040 g/mol. The molecule has 0 N–H and O–H groups in total. The molecule has 2 saturated carbocycles. The third kappa shape index (κ3) is 10.7. The van der Waals surface area contributed by atoms with Gasteiger partial charge >= 0.3 is 11.9 Å². The Bertz CT molecular complexity index is 3140. The van der Waals surface area contributed by atoms with Gasteiger partial charge in [0.1, 0.15) is 0 Å². The van der Waals surface area contributed by atoms with Gasteiger partial charge < -0.3 is 24.2 Å². The summed E-state index contributed by atoms with van der Waals surface area (Å²) in [6, 6.07) is 34.3. The van der Waals surface area contributed by atoms with Gasteiger partial charge in [-0.1, -0.05) is 111 Å². The van der Waals surface area contributed by atoms with Crippen molar-refractivity contribution in [2.45, 2.75) is 133 Å². The number of amides is 2. The van der Waals surface area contributed by atoms with Crippen LogP contribution in [0.25, 0.3) is 21.8 Å². The molecule has 14 nitrogen and oxygen atoms in total. The molecule has 77 heavy (non-hydrogen) atoms. The Hall–Kier alpha value is -6.64. The summed E-state index contributed by atoms with van der Waals surface area (Å²) < 4.78 is 15.6. The van der Waals surface area contributed by atoms with Crippen molar-refractivity contribution in [2.75, 3.05) is 59.4 Å². The molecular weight excluding hydrogens is 967 g/mol. The van der Waals surface area contributed by atoms with Gasteiger partial charge in [0.25, 0.3) is 5.56 Å². The molecule has 404 valence electrons. The van der Waals surface area contributed by atoms with E-state index < -0.39 is 16.7 Å². The number of ether oxygens (including phenoxy) is 2. The zero-order valence-corrected chi connectivity index (χ0v) is 45.1. The fourth-order valence-electron chi connectivity index (χ4n) is 14.0. The molecule has 14 heteroatoms. The molecule has 11 rings (SSSR count). The Labute approximate surface area is 452 Å². The summed E-state index contributed by atoms with van der Waals surface area (Å²) >= 11 is 0. The summed E-state index contributed by atoms with van der Waals surface area (Å²) in [6.45, 7) is 7.84. The van der Waals surface area contributed by atoms with Crippen LogP contribution in [-0.2, 0) is 59.4 Å². The lowest BCUT2D eigenvalue weighted by molar-refractivity contribution is -0.155. The SMILES string of the molecule is Cc1cc(C[C@@H](CC(=O)N2CCC(c3cc4ccccc4n(COC(=O)C4(c5ccccc5)CCCC4)c3=O)CC2)C(=O)N2CCN(C3CCN(C)CC3)CC2)cc2cnn(COC(=O)C3(c4ccccc4)CCCC3)c12. The van der Waals surface area contributed by atoms with Crippen LogP contribution in [0, 0.1) is 12.8 Å². The van der Waals surface area contributed by atoms with Crippen LogP contribution in [0.4, 0.5) is 0 Å². The first-order chi connectivity index (χ1) is 37.5. The molecule has 2 aliphatic carbocycles. The second-order valence-electron chi connectivity index (χ2n) is 23.0. The number of aromatic nitrogens is 3.